The van der Waals surface area contributed by atoms with Crippen LogP contribution in [0.5, 0.6) is 0 Å². The monoisotopic (exact) mass is 197 g/mol. The number of amides is 1. The van der Waals surface area contributed by atoms with E-state index in [9.17, 15) is 4.79 Å². The van der Waals surface area contributed by atoms with Gasteiger partial charge in [0.05, 0.1) is 12.6 Å². The molecular weight excluding hydrogens is 178 g/mol. The Balaban J connectivity index is 2.14. The zero-order valence-electron chi connectivity index (χ0n) is 8.99. The van der Waals surface area contributed by atoms with Crippen molar-refractivity contribution < 1.29 is 4.79 Å². The fourth-order valence-corrected chi connectivity index (χ4v) is 2.60. The molecule has 0 bridgehead atoms. The Hall–Kier alpha value is -0.610. The molecule has 2 rings (SSSR count). The van der Waals surface area contributed by atoms with Crippen molar-refractivity contribution in [3.05, 3.63) is 0 Å². The number of carbonyl (C=O) groups is 1. The third kappa shape index (κ3) is 1.64. The average Bonchev–Trinajstić information content (AvgIpc) is 2.16. The first-order valence-corrected chi connectivity index (χ1v) is 5.42. The summed E-state index contributed by atoms with van der Waals surface area (Å²) in [4.78, 5) is 16.2. The van der Waals surface area contributed by atoms with Crippen LogP contribution >= 0.6 is 0 Å². The van der Waals surface area contributed by atoms with Crippen molar-refractivity contribution in [3.8, 4) is 0 Å². The van der Waals surface area contributed by atoms with Gasteiger partial charge in [-0.15, -0.1) is 0 Å². The summed E-state index contributed by atoms with van der Waals surface area (Å²) in [6, 6.07) is 0.813. The minimum Gasteiger partial charge on any atom is -0.332 e. The molecule has 0 aromatic carbocycles. The molecule has 0 saturated carbocycles. The number of hydrogen-bond acceptors (Lipinski definition) is 3. The molecule has 14 heavy (non-hydrogen) atoms. The molecule has 2 aliphatic heterocycles. The fourth-order valence-electron chi connectivity index (χ4n) is 2.60. The smallest absolute Gasteiger partial charge is 0.237 e. The first-order chi connectivity index (χ1) is 6.72. The summed E-state index contributed by atoms with van der Waals surface area (Å²) in [6.45, 7) is 5.67. The molecule has 0 radical (unpaired) electrons. The van der Waals surface area contributed by atoms with Crippen molar-refractivity contribution in [3.63, 3.8) is 0 Å². The second kappa shape index (κ2) is 3.87. The number of hydrogen-bond donors (Lipinski definition) is 1. The van der Waals surface area contributed by atoms with E-state index in [1.165, 1.54) is 0 Å². The summed E-state index contributed by atoms with van der Waals surface area (Å²) in [6.07, 6.45) is 1.06. The van der Waals surface area contributed by atoms with Gasteiger partial charge in [0.25, 0.3) is 0 Å². The third-order valence-corrected chi connectivity index (χ3v) is 3.25. The van der Waals surface area contributed by atoms with E-state index >= 15 is 0 Å². The van der Waals surface area contributed by atoms with Crippen LogP contribution in [0.2, 0.25) is 0 Å². The largest absolute Gasteiger partial charge is 0.332 e. The second-order valence-electron chi connectivity index (χ2n) is 4.37. The molecule has 0 aromatic heterocycles. The number of nitrogens with zero attached hydrogens (tertiary/aromatic N) is 2. The quantitative estimate of drug-likeness (QED) is 0.616. The van der Waals surface area contributed by atoms with E-state index in [4.69, 9.17) is 0 Å². The first kappa shape index (κ1) is 9.93. The standard InChI is InChI=1S/C10H19N3O/c1-3-8-6-12(2)7-9-4-11-5-10(14)13(8)9/h8-9,11H,3-7H2,1-2H3. The van der Waals surface area contributed by atoms with Gasteiger partial charge in [0, 0.05) is 25.7 Å². The molecule has 1 N–H and O–H groups in total. The number of nitrogens with one attached hydrogen (secondary N) is 1. The van der Waals surface area contributed by atoms with E-state index in [-0.39, 0.29) is 5.91 Å². The zero-order chi connectivity index (χ0) is 10.1. The molecule has 1 amide bonds. The van der Waals surface area contributed by atoms with Crippen molar-refractivity contribution in [1.29, 1.82) is 0 Å². The van der Waals surface area contributed by atoms with Crippen molar-refractivity contribution in [2.45, 2.75) is 25.4 Å². The van der Waals surface area contributed by atoms with E-state index in [1.807, 2.05) is 0 Å². The molecule has 2 fully saturated rings. The number of rotatable bonds is 1. The van der Waals surface area contributed by atoms with Gasteiger partial charge >= 0.3 is 0 Å². The van der Waals surface area contributed by atoms with E-state index in [0.717, 1.165) is 26.1 Å². The molecule has 0 spiro atoms. The topological polar surface area (TPSA) is 35.6 Å². The second-order valence-corrected chi connectivity index (χ2v) is 4.37. The predicted octanol–water partition coefficient (Wildman–Crippen LogP) is -0.489. The fraction of sp³-hybridized carbons (Fsp3) is 0.900. The van der Waals surface area contributed by atoms with Gasteiger partial charge in [0.15, 0.2) is 0 Å². The van der Waals surface area contributed by atoms with Gasteiger partial charge in [-0.3, -0.25) is 4.79 Å². The SMILES string of the molecule is CCC1CN(C)CC2CNCC(=O)N12. The normalized spacial score (nSPS) is 34.4. The molecule has 4 nitrogen and oxygen atoms in total. The van der Waals surface area contributed by atoms with E-state index in [1.54, 1.807) is 0 Å². The van der Waals surface area contributed by atoms with Gasteiger partial charge in [0.1, 0.15) is 0 Å². The molecule has 0 aromatic rings. The van der Waals surface area contributed by atoms with Crippen LogP contribution in [0.25, 0.3) is 0 Å². The summed E-state index contributed by atoms with van der Waals surface area (Å²) < 4.78 is 0. The minimum atomic E-state index is 0.279. The molecule has 2 aliphatic rings. The number of carbonyl (C=O) groups excluding carboxylic acids is 1. The number of piperazine rings is 2. The zero-order valence-corrected chi connectivity index (χ0v) is 8.99. The van der Waals surface area contributed by atoms with Crippen molar-refractivity contribution in [2.75, 3.05) is 33.2 Å². The minimum absolute atomic E-state index is 0.279. The highest BCUT2D eigenvalue weighted by molar-refractivity contribution is 5.80. The van der Waals surface area contributed by atoms with E-state index < -0.39 is 0 Å². The molecule has 2 atom stereocenters. The molecule has 4 heteroatoms. The Bertz CT molecular complexity index is 223. The summed E-state index contributed by atoms with van der Waals surface area (Å²) in [5.74, 6) is 0.279. The van der Waals surface area contributed by atoms with Crippen LogP contribution in [0.1, 0.15) is 13.3 Å². The summed E-state index contributed by atoms with van der Waals surface area (Å²) in [7, 11) is 2.14. The number of fused-ring (bicyclic) bond motifs is 1. The Morgan fingerprint density at radius 1 is 1.50 bits per heavy atom. The molecule has 2 saturated heterocycles. The van der Waals surface area contributed by atoms with Gasteiger partial charge in [0.2, 0.25) is 5.91 Å². The highest BCUT2D eigenvalue weighted by Crippen LogP contribution is 2.19. The summed E-state index contributed by atoms with van der Waals surface area (Å²) >= 11 is 0. The van der Waals surface area contributed by atoms with Gasteiger partial charge in [-0.2, -0.15) is 0 Å². The van der Waals surface area contributed by atoms with E-state index in [0.29, 0.717) is 18.6 Å². The lowest BCUT2D eigenvalue weighted by Crippen LogP contribution is -2.66. The van der Waals surface area contributed by atoms with E-state index in [2.05, 4.69) is 29.1 Å². The van der Waals surface area contributed by atoms with Crippen molar-refractivity contribution >= 4 is 5.91 Å². The Morgan fingerprint density at radius 3 is 3.00 bits per heavy atom. The highest BCUT2D eigenvalue weighted by atomic mass is 16.2. The van der Waals surface area contributed by atoms with Gasteiger partial charge < -0.3 is 15.1 Å². The summed E-state index contributed by atoms with van der Waals surface area (Å²) in [5.41, 5.74) is 0. The van der Waals surface area contributed by atoms with Crippen LogP contribution in [0.3, 0.4) is 0 Å². The Kier molecular flexibility index (Phi) is 2.74. The lowest BCUT2D eigenvalue weighted by molar-refractivity contribution is -0.141. The maximum absolute atomic E-state index is 11.7. The summed E-state index contributed by atoms with van der Waals surface area (Å²) in [5, 5.41) is 3.18. The maximum Gasteiger partial charge on any atom is 0.237 e. The third-order valence-electron chi connectivity index (χ3n) is 3.25. The van der Waals surface area contributed by atoms with Crippen LogP contribution < -0.4 is 5.32 Å². The lowest BCUT2D eigenvalue weighted by Gasteiger charge is -2.48. The molecule has 0 aliphatic carbocycles. The maximum atomic E-state index is 11.7. The highest BCUT2D eigenvalue weighted by Gasteiger charge is 2.37. The molecular formula is C10H19N3O. The van der Waals surface area contributed by atoms with Gasteiger partial charge in [-0.05, 0) is 13.5 Å². The van der Waals surface area contributed by atoms with Gasteiger partial charge in [-0.1, -0.05) is 6.92 Å². The van der Waals surface area contributed by atoms with Crippen molar-refractivity contribution in [2.24, 2.45) is 0 Å². The lowest BCUT2D eigenvalue weighted by atomic mass is 10.0. The van der Waals surface area contributed by atoms with Gasteiger partial charge in [-0.25, -0.2) is 0 Å². The first-order valence-electron chi connectivity index (χ1n) is 5.42. The predicted molar refractivity (Wildman–Crippen MR) is 55.1 cm³/mol. The van der Waals surface area contributed by atoms with Crippen molar-refractivity contribution in [1.82, 2.24) is 15.1 Å². The van der Waals surface area contributed by atoms with Crippen LogP contribution in [-0.2, 0) is 4.79 Å². The van der Waals surface area contributed by atoms with Crippen LogP contribution in [0.15, 0.2) is 0 Å². The van der Waals surface area contributed by atoms with Crippen LogP contribution in [0, 0.1) is 0 Å². The Morgan fingerprint density at radius 2 is 2.29 bits per heavy atom. The molecule has 80 valence electrons. The van der Waals surface area contributed by atoms with Crippen LogP contribution in [0.4, 0.5) is 0 Å². The average molecular weight is 197 g/mol. The number of likely N-dealkylation sites (N-methyl/N-ethyl adjacent to an activating group) is 1. The van der Waals surface area contributed by atoms with Crippen LogP contribution in [-0.4, -0.2) is 61.0 Å². The molecule has 2 heterocycles. The Labute approximate surface area is 85.2 Å². The molecule has 2 unspecified atom stereocenters.